The third kappa shape index (κ3) is 3.89. The Morgan fingerprint density at radius 2 is 1.85 bits per heavy atom. The van der Waals surface area contributed by atoms with Crippen molar-refractivity contribution in [1.29, 1.82) is 0 Å². The van der Waals surface area contributed by atoms with Gasteiger partial charge in [-0.05, 0) is 31.2 Å². The number of hydrogen-bond acceptors (Lipinski definition) is 7. The van der Waals surface area contributed by atoms with Crippen LogP contribution in [0.25, 0.3) is 0 Å². The fraction of sp³-hybridized carbons (Fsp3) is 0.176. The van der Waals surface area contributed by atoms with Gasteiger partial charge in [-0.3, -0.25) is 10.1 Å². The second-order valence-corrected chi connectivity index (χ2v) is 5.13. The zero-order chi connectivity index (χ0) is 19.3. The largest absolute Gasteiger partial charge is 0.493 e. The fourth-order valence-electron chi connectivity index (χ4n) is 2.23. The van der Waals surface area contributed by atoms with E-state index in [0.717, 1.165) is 0 Å². The van der Waals surface area contributed by atoms with Crippen molar-refractivity contribution in [2.75, 3.05) is 14.2 Å². The number of nitro groups is 1. The number of amidine groups is 1. The summed E-state index contributed by atoms with van der Waals surface area (Å²) < 4.78 is 10.3. The lowest BCUT2D eigenvalue weighted by Gasteiger charge is -2.09. The molecule has 0 bridgehead atoms. The molecule has 2 rings (SSSR count). The van der Waals surface area contributed by atoms with E-state index in [1.54, 1.807) is 18.2 Å². The maximum atomic E-state index is 12.1. The molecule has 0 spiro atoms. The molecule has 9 heteroatoms. The van der Waals surface area contributed by atoms with E-state index in [2.05, 4.69) is 5.16 Å². The number of oxime groups is 1. The van der Waals surface area contributed by atoms with Crippen LogP contribution in [0.4, 0.5) is 5.69 Å². The minimum absolute atomic E-state index is 0.0306. The van der Waals surface area contributed by atoms with Gasteiger partial charge in [0.1, 0.15) is 0 Å². The number of nitrogens with zero attached hydrogens (tertiary/aromatic N) is 2. The molecule has 2 N–H and O–H groups in total. The molecule has 0 aliphatic heterocycles. The number of nitro benzene ring substituents is 1. The molecular weight excluding hydrogens is 342 g/mol. The summed E-state index contributed by atoms with van der Waals surface area (Å²) in [5.74, 6) is 0.0225. The lowest BCUT2D eigenvalue weighted by molar-refractivity contribution is -0.385. The molecular formula is C17H17N3O6. The molecule has 0 aromatic heterocycles. The van der Waals surface area contributed by atoms with Crippen molar-refractivity contribution in [3.05, 3.63) is 63.2 Å². The first kappa shape index (κ1) is 18.7. The van der Waals surface area contributed by atoms with Crippen LogP contribution in [0, 0.1) is 17.0 Å². The Morgan fingerprint density at radius 3 is 2.46 bits per heavy atom. The second-order valence-electron chi connectivity index (χ2n) is 5.13. The second kappa shape index (κ2) is 7.97. The number of nitrogens with two attached hydrogens (primary N) is 1. The monoisotopic (exact) mass is 359 g/mol. The highest BCUT2D eigenvalue weighted by atomic mass is 16.7. The van der Waals surface area contributed by atoms with Gasteiger partial charge in [0.15, 0.2) is 17.3 Å². The molecule has 0 heterocycles. The van der Waals surface area contributed by atoms with Crippen LogP contribution in [0.2, 0.25) is 0 Å². The molecule has 2 aromatic carbocycles. The summed E-state index contributed by atoms with van der Waals surface area (Å²) in [5.41, 5.74) is 6.30. The molecule has 2 aromatic rings. The first-order chi connectivity index (χ1) is 12.4. The van der Waals surface area contributed by atoms with Crippen molar-refractivity contribution < 1.29 is 24.0 Å². The molecule has 0 saturated carbocycles. The third-order valence-corrected chi connectivity index (χ3v) is 3.63. The minimum Gasteiger partial charge on any atom is -0.493 e. The van der Waals surface area contributed by atoms with Crippen LogP contribution in [-0.4, -0.2) is 30.9 Å². The summed E-state index contributed by atoms with van der Waals surface area (Å²) in [7, 11) is 2.97. The zero-order valence-corrected chi connectivity index (χ0v) is 14.4. The standard InChI is InChI=1S/C17H17N3O6/c1-10-12(5-4-6-13(10)20(22)23)17(21)26-19-16(18)11-7-8-14(24-2)15(9-11)25-3/h4-9H,1-3H3,(H2,18,19). The van der Waals surface area contributed by atoms with Gasteiger partial charge in [-0.15, -0.1) is 0 Å². The van der Waals surface area contributed by atoms with Crippen molar-refractivity contribution in [3.63, 3.8) is 0 Å². The van der Waals surface area contributed by atoms with E-state index >= 15 is 0 Å². The molecule has 0 amide bonds. The highest BCUT2D eigenvalue weighted by molar-refractivity contribution is 5.99. The van der Waals surface area contributed by atoms with Gasteiger partial charge in [0.2, 0.25) is 0 Å². The zero-order valence-electron chi connectivity index (χ0n) is 14.4. The van der Waals surface area contributed by atoms with Gasteiger partial charge in [0, 0.05) is 17.2 Å². The summed E-state index contributed by atoms with van der Waals surface area (Å²) in [6.07, 6.45) is 0. The van der Waals surface area contributed by atoms with Crippen molar-refractivity contribution in [3.8, 4) is 11.5 Å². The predicted molar refractivity (Wildman–Crippen MR) is 93.5 cm³/mol. The molecule has 9 nitrogen and oxygen atoms in total. The number of benzene rings is 2. The number of hydrogen-bond donors (Lipinski definition) is 1. The van der Waals surface area contributed by atoms with E-state index in [1.165, 1.54) is 39.3 Å². The first-order valence-electron chi connectivity index (χ1n) is 7.40. The van der Waals surface area contributed by atoms with Crippen LogP contribution in [0.5, 0.6) is 11.5 Å². The van der Waals surface area contributed by atoms with Crippen molar-refractivity contribution in [1.82, 2.24) is 0 Å². The van der Waals surface area contributed by atoms with Gasteiger partial charge < -0.3 is 20.0 Å². The van der Waals surface area contributed by atoms with Gasteiger partial charge in [0.05, 0.1) is 24.7 Å². The average Bonchev–Trinajstić information content (AvgIpc) is 2.65. The summed E-state index contributed by atoms with van der Waals surface area (Å²) in [4.78, 5) is 27.3. The Balaban J connectivity index is 2.23. The highest BCUT2D eigenvalue weighted by Gasteiger charge is 2.19. The maximum absolute atomic E-state index is 12.1. The summed E-state index contributed by atoms with van der Waals surface area (Å²) in [6, 6.07) is 8.92. The van der Waals surface area contributed by atoms with E-state index in [4.69, 9.17) is 20.0 Å². The average molecular weight is 359 g/mol. The van der Waals surface area contributed by atoms with Crippen LogP contribution >= 0.6 is 0 Å². The normalized spacial score (nSPS) is 11.0. The number of carbonyl (C=O) groups excluding carboxylic acids is 1. The molecule has 0 aliphatic rings. The summed E-state index contributed by atoms with van der Waals surface area (Å²) in [5, 5.41) is 14.5. The Labute approximate surface area is 149 Å². The van der Waals surface area contributed by atoms with Crippen LogP contribution in [0.15, 0.2) is 41.6 Å². The van der Waals surface area contributed by atoms with Crippen LogP contribution in [-0.2, 0) is 4.84 Å². The summed E-state index contributed by atoms with van der Waals surface area (Å²) in [6.45, 7) is 1.45. The van der Waals surface area contributed by atoms with E-state index in [0.29, 0.717) is 17.1 Å². The topological polar surface area (TPSA) is 126 Å². The van der Waals surface area contributed by atoms with E-state index < -0.39 is 10.9 Å². The smallest absolute Gasteiger partial charge is 0.366 e. The summed E-state index contributed by atoms with van der Waals surface area (Å²) >= 11 is 0. The van der Waals surface area contributed by atoms with Gasteiger partial charge in [0.25, 0.3) is 5.69 Å². The molecule has 0 saturated heterocycles. The molecule has 0 unspecified atom stereocenters. The third-order valence-electron chi connectivity index (χ3n) is 3.63. The SMILES string of the molecule is COc1ccc(/C(N)=N/OC(=O)c2cccc([N+](=O)[O-])c2C)cc1OC. The van der Waals surface area contributed by atoms with Crippen LogP contribution in [0.1, 0.15) is 21.5 Å². The predicted octanol–water partition coefficient (Wildman–Crippen LogP) is 2.40. The maximum Gasteiger partial charge on any atom is 0.366 e. The van der Waals surface area contributed by atoms with E-state index in [9.17, 15) is 14.9 Å². The minimum atomic E-state index is -0.852. The molecule has 0 atom stereocenters. The molecule has 136 valence electrons. The van der Waals surface area contributed by atoms with Gasteiger partial charge >= 0.3 is 5.97 Å². The number of carbonyl (C=O) groups is 1. The number of methoxy groups -OCH3 is 2. The fourth-order valence-corrected chi connectivity index (χ4v) is 2.23. The lowest BCUT2D eigenvalue weighted by atomic mass is 10.1. The molecule has 0 fully saturated rings. The van der Waals surface area contributed by atoms with Crippen molar-refractivity contribution in [2.24, 2.45) is 10.9 Å². The number of rotatable bonds is 6. The van der Waals surface area contributed by atoms with Crippen molar-refractivity contribution >= 4 is 17.5 Å². The lowest BCUT2D eigenvalue weighted by Crippen LogP contribution is -2.16. The van der Waals surface area contributed by atoms with Crippen LogP contribution < -0.4 is 15.2 Å². The van der Waals surface area contributed by atoms with Gasteiger partial charge in [-0.1, -0.05) is 11.2 Å². The van der Waals surface area contributed by atoms with Gasteiger partial charge in [-0.2, -0.15) is 0 Å². The first-order valence-corrected chi connectivity index (χ1v) is 7.40. The van der Waals surface area contributed by atoms with Crippen molar-refractivity contribution in [2.45, 2.75) is 6.92 Å². The Morgan fingerprint density at radius 1 is 1.15 bits per heavy atom. The van der Waals surface area contributed by atoms with Gasteiger partial charge in [-0.25, -0.2) is 4.79 Å². The Kier molecular flexibility index (Phi) is 5.74. The Bertz CT molecular complexity index is 879. The molecule has 0 aliphatic carbocycles. The van der Waals surface area contributed by atoms with E-state index in [1.807, 2.05) is 0 Å². The number of ether oxygens (including phenoxy) is 2. The quantitative estimate of drug-likeness (QED) is 0.276. The van der Waals surface area contributed by atoms with E-state index in [-0.39, 0.29) is 22.6 Å². The van der Waals surface area contributed by atoms with Crippen LogP contribution in [0.3, 0.4) is 0 Å². The Hall–Kier alpha value is -3.62. The molecule has 26 heavy (non-hydrogen) atoms. The molecule has 0 radical (unpaired) electrons. The highest BCUT2D eigenvalue weighted by Crippen LogP contribution is 2.27.